The standard InChI is InChI=1S/C12H12BrClN2/c1-6(2)8-5-7-3-4-9(14)10(13)11(7)16-12(8)15/h3-6H,1-2H3,(H2,15,16). The highest BCUT2D eigenvalue weighted by atomic mass is 79.9. The van der Waals surface area contributed by atoms with E-state index in [1.807, 2.05) is 12.1 Å². The molecule has 1 aromatic carbocycles. The quantitative estimate of drug-likeness (QED) is 0.850. The Morgan fingerprint density at radius 3 is 2.69 bits per heavy atom. The molecule has 0 atom stereocenters. The number of fused-ring (bicyclic) bond motifs is 1. The Morgan fingerprint density at radius 2 is 2.06 bits per heavy atom. The van der Waals surface area contributed by atoms with Crippen LogP contribution in [0, 0.1) is 0 Å². The van der Waals surface area contributed by atoms with Crippen LogP contribution >= 0.6 is 27.5 Å². The minimum absolute atomic E-state index is 0.367. The molecule has 0 bridgehead atoms. The Kier molecular flexibility index (Phi) is 3.08. The van der Waals surface area contributed by atoms with Gasteiger partial charge < -0.3 is 5.73 Å². The predicted molar refractivity (Wildman–Crippen MR) is 73.0 cm³/mol. The third-order valence-corrected chi connectivity index (χ3v) is 3.91. The van der Waals surface area contributed by atoms with Gasteiger partial charge in [-0.3, -0.25) is 0 Å². The lowest BCUT2D eigenvalue weighted by molar-refractivity contribution is 0.866. The number of anilines is 1. The van der Waals surface area contributed by atoms with E-state index in [9.17, 15) is 0 Å². The number of halogens is 2. The Hall–Kier alpha value is -0.800. The van der Waals surface area contributed by atoms with Gasteiger partial charge >= 0.3 is 0 Å². The van der Waals surface area contributed by atoms with Gasteiger partial charge in [-0.2, -0.15) is 0 Å². The minimum Gasteiger partial charge on any atom is -0.383 e. The van der Waals surface area contributed by atoms with Gasteiger partial charge in [0, 0.05) is 5.39 Å². The molecule has 0 radical (unpaired) electrons. The van der Waals surface area contributed by atoms with E-state index >= 15 is 0 Å². The number of nitrogens with two attached hydrogens (primary N) is 1. The molecule has 0 aliphatic carbocycles. The molecule has 1 aromatic heterocycles. The summed E-state index contributed by atoms with van der Waals surface area (Å²) in [6.45, 7) is 4.20. The molecule has 2 rings (SSSR count). The van der Waals surface area contributed by atoms with Gasteiger partial charge in [0.15, 0.2) is 0 Å². The predicted octanol–water partition coefficient (Wildman–Crippen LogP) is 4.36. The Morgan fingerprint density at radius 1 is 1.38 bits per heavy atom. The average Bonchev–Trinajstić information content (AvgIpc) is 2.23. The fourth-order valence-electron chi connectivity index (χ4n) is 1.67. The van der Waals surface area contributed by atoms with E-state index in [-0.39, 0.29) is 0 Å². The summed E-state index contributed by atoms with van der Waals surface area (Å²) in [6.07, 6.45) is 0. The number of nitrogens with zero attached hydrogens (tertiary/aromatic N) is 1. The van der Waals surface area contributed by atoms with Gasteiger partial charge in [-0.15, -0.1) is 0 Å². The number of nitrogen functional groups attached to an aromatic ring is 1. The molecule has 0 aliphatic rings. The summed E-state index contributed by atoms with van der Waals surface area (Å²) in [5.41, 5.74) is 7.82. The van der Waals surface area contributed by atoms with Crippen molar-refractivity contribution in [2.45, 2.75) is 19.8 Å². The molecular formula is C12H12BrClN2. The molecule has 0 amide bonds. The minimum atomic E-state index is 0.367. The molecule has 16 heavy (non-hydrogen) atoms. The van der Waals surface area contributed by atoms with Crippen molar-refractivity contribution in [1.82, 2.24) is 4.98 Å². The number of rotatable bonds is 1. The second kappa shape index (κ2) is 4.22. The maximum absolute atomic E-state index is 6.01. The Balaban J connectivity index is 2.79. The van der Waals surface area contributed by atoms with Gasteiger partial charge in [0.25, 0.3) is 0 Å². The summed E-state index contributed by atoms with van der Waals surface area (Å²) in [6, 6.07) is 5.89. The Labute approximate surface area is 108 Å². The number of hydrogen-bond donors (Lipinski definition) is 1. The summed E-state index contributed by atoms with van der Waals surface area (Å²) in [7, 11) is 0. The van der Waals surface area contributed by atoms with E-state index in [0.717, 1.165) is 20.9 Å². The first-order chi connectivity index (χ1) is 7.50. The smallest absolute Gasteiger partial charge is 0.127 e. The van der Waals surface area contributed by atoms with Gasteiger partial charge in [0.2, 0.25) is 0 Å². The summed E-state index contributed by atoms with van der Waals surface area (Å²) in [5, 5.41) is 1.70. The van der Waals surface area contributed by atoms with Gasteiger partial charge in [-0.05, 0) is 39.5 Å². The average molecular weight is 300 g/mol. The van der Waals surface area contributed by atoms with Crippen LogP contribution in [0.5, 0.6) is 0 Å². The largest absolute Gasteiger partial charge is 0.383 e. The van der Waals surface area contributed by atoms with Crippen molar-refractivity contribution < 1.29 is 0 Å². The first-order valence-corrected chi connectivity index (χ1v) is 6.22. The van der Waals surface area contributed by atoms with E-state index in [1.54, 1.807) is 0 Å². The highest BCUT2D eigenvalue weighted by Gasteiger charge is 2.10. The highest BCUT2D eigenvalue weighted by Crippen LogP contribution is 2.33. The van der Waals surface area contributed by atoms with Crippen LogP contribution in [0.2, 0.25) is 5.02 Å². The molecule has 2 nitrogen and oxygen atoms in total. The number of aromatic nitrogens is 1. The van der Waals surface area contributed by atoms with E-state index < -0.39 is 0 Å². The molecule has 4 heteroatoms. The zero-order chi connectivity index (χ0) is 11.9. The van der Waals surface area contributed by atoms with Crippen molar-refractivity contribution in [2.24, 2.45) is 0 Å². The maximum Gasteiger partial charge on any atom is 0.127 e. The molecular weight excluding hydrogens is 288 g/mol. The molecule has 1 heterocycles. The van der Waals surface area contributed by atoms with Gasteiger partial charge in [0.1, 0.15) is 5.82 Å². The normalized spacial score (nSPS) is 11.3. The zero-order valence-corrected chi connectivity index (χ0v) is 11.4. The topological polar surface area (TPSA) is 38.9 Å². The molecule has 0 saturated heterocycles. The lowest BCUT2D eigenvalue weighted by Gasteiger charge is -2.11. The van der Waals surface area contributed by atoms with Crippen LogP contribution in [0.15, 0.2) is 22.7 Å². The summed E-state index contributed by atoms with van der Waals surface area (Å²) in [5.74, 6) is 0.942. The maximum atomic E-state index is 6.01. The molecule has 2 aromatic rings. The van der Waals surface area contributed by atoms with Crippen LogP contribution in [0.25, 0.3) is 10.9 Å². The monoisotopic (exact) mass is 298 g/mol. The van der Waals surface area contributed by atoms with Gasteiger partial charge in [0.05, 0.1) is 15.0 Å². The van der Waals surface area contributed by atoms with Crippen LogP contribution in [0.4, 0.5) is 5.82 Å². The summed E-state index contributed by atoms with van der Waals surface area (Å²) >= 11 is 9.44. The van der Waals surface area contributed by atoms with Crippen molar-refractivity contribution >= 4 is 44.3 Å². The fourth-order valence-corrected chi connectivity index (χ4v) is 2.28. The first kappa shape index (κ1) is 11.7. The summed E-state index contributed by atoms with van der Waals surface area (Å²) in [4.78, 5) is 4.40. The van der Waals surface area contributed by atoms with Crippen molar-refractivity contribution in [2.75, 3.05) is 5.73 Å². The van der Waals surface area contributed by atoms with Crippen LogP contribution in [0.3, 0.4) is 0 Å². The van der Waals surface area contributed by atoms with E-state index in [4.69, 9.17) is 17.3 Å². The van der Waals surface area contributed by atoms with Crippen molar-refractivity contribution in [3.05, 3.63) is 33.3 Å². The third kappa shape index (κ3) is 1.89. The Bertz CT molecular complexity index is 552. The summed E-state index contributed by atoms with van der Waals surface area (Å²) < 4.78 is 0.800. The zero-order valence-electron chi connectivity index (χ0n) is 9.09. The third-order valence-electron chi connectivity index (χ3n) is 2.56. The highest BCUT2D eigenvalue weighted by molar-refractivity contribution is 9.10. The van der Waals surface area contributed by atoms with E-state index in [2.05, 4.69) is 40.8 Å². The molecule has 0 unspecified atom stereocenters. The molecule has 0 saturated carbocycles. The molecule has 2 N–H and O–H groups in total. The first-order valence-electron chi connectivity index (χ1n) is 5.05. The van der Waals surface area contributed by atoms with Gasteiger partial charge in [-0.25, -0.2) is 4.98 Å². The lowest BCUT2D eigenvalue weighted by atomic mass is 10.0. The molecule has 0 aliphatic heterocycles. The van der Waals surface area contributed by atoms with E-state index in [1.165, 1.54) is 0 Å². The van der Waals surface area contributed by atoms with Crippen LogP contribution in [-0.4, -0.2) is 4.98 Å². The fraction of sp³-hybridized carbons (Fsp3) is 0.250. The number of pyridine rings is 1. The van der Waals surface area contributed by atoms with Crippen LogP contribution in [-0.2, 0) is 0 Å². The van der Waals surface area contributed by atoms with Gasteiger partial charge in [-0.1, -0.05) is 31.5 Å². The second-order valence-corrected chi connectivity index (χ2v) is 5.25. The molecule has 0 spiro atoms. The van der Waals surface area contributed by atoms with Crippen LogP contribution in [0.1, 0.15) is 25.3 Å². The molecule has 0 fully saturated rings. The van der Waals surface area contributed by atoms with Crippen molar-refractivity contribution in [1.29, 1.82) is 0 Å². The second-order valence-electron chi connectivity index (χ2n) is 4.05. The SMILES string of the molecule is CC(C)c1cc2ccc(Cl)c(Br)c2nc1N. The van der Waals surface area contributed by atoms with E-state index in [0.29, 0.717) is 16.8 Å². The number of hydrogen-bond acceptors (Lipinski definition) is 2. The van der Waals surface area contributed by atoms with Crippen LogP contribution < -0.4 is 5.73 Å². The van der Waals surface area contributed by atoms with Crippen molar-refractivity contribution in [3.63, 3.8) is 0 Å². The number of benzene rings is 1. The van der Waals surface area contributed by atoms with Crippen molar-refractivity contribution in [3.8, 4) is 0 Å². The lowest BCUT2D eigenvalue weighted by Crippen LogP contribution is -2.00. The molecule has 84 valence electrons.